The number of nitrogens with one attached hydrogen (secondary N) is 1. The van der Waals surface area contributed by atoms with Crippen LogP contribution in [0.2, 0.25) is 0 Å². The fraction of sp³-hybridized carbons (Fsp3) is 0.0952. The first kappa shape index (κ1) is 18.6. The molecule has 7 heteroatoms. The molecule has 0 unspecified atom stereocenters. The van der Waals surface area contributed by atoms with Crippen molar-refractivity contribution in [2.45, 2.75) is 11.4 Å². The van der Waals surface area contributed by atoms with Crippen molar-refractivity contribution in [1.29, 1.82) is 0 Å². The Morgan fingerprint density at radius 3 is 2.50 bits per heavy atom. The standard InChI is InChI=1S/C21H18N2O3S2/c1-26-19-9-6-16(7-10-19)21-23-18(14-27-21)13-22-28(24,25)20-11-8-15-4-2-3-5-17(15)12-20/h2-12,14,22H,13H2,1H3. The molecule has 1 heterocycles. The molecule has 0 amide bonds. The SMILES string of the molecule is COc1ccc(-c2nc(CNS(=O)(=O)c3ccc4ccccc4c3)cs2)cc1. The average molecular weight is 411 g/mol. The summed E-state index contributed by atoms with van der Waals surface area (Å²) in [7, 11) is -1.99. The number of rotatable bonds is 6. The third kappa shape index (κ3) is 3.91. The van der Waals surface area contributed by atoms with Gasteiger partial charge in [-0.3, -0.25) is 0 Å². The van der Waals surface area contributed by atoms with E-state index in [1.165, 1.54) is 11.3 Å². The predicted octanol–water partition coefficient (Wildman–Crippen LogP) is 4.45. The van der Waals surface area contributed by atoms with E-state index in [0.29, 0.717) is 5.69 Å². The van der Waals surface area contributed by atoms with Crippen LogP contribution in [0.5, 0.6) is 5.75 Å². The maximum atomic E-state index is 12.6. The van der Waals surface area contributed by atoms with Crippen molar-refractivity contribution in [3.8, 4) is 16.3 Å². The van der Waals surface area contributed by atoms with Gasteiger partial charge in [-0.1, -0.05) is 30.3 Å². The van der Waals surface area contributed by atoms with Crippen molar-refractivity contribution in [1.82, 2.24) is 9.71 Å². The lowest BCUT2D eigenvalue weighted by Crippen LogP contribution is -2.23. The molecule has 1 N–H and O–H groups in total. The fourth-order valence-corrected chi connectivity index (χ4v) is 4.70. The van der Waals surface area contributed by atoms with Crippen LogP contribution >= 0.6 is 11.3 Å². The van der Waals surface area contributed by atoms with Crippen LogP contribution in [0, 0.1) is 0 Å². The Bertz CT molecular complexity index is 1220. The minimum atomic E-state index is -3.62. The van der Waals surface area contributed by atoms with Crippen LogP contribution in [0.3, 0.4) is 0 Å². The van der Waals surface area contributed by atoms with Gasteiger partial charge in [0.25, 0.3) is 0 Å². The van der Waals surface area contributed by atoms with E-state index in [9.17, 15) is 8.42 Å². The van der Waals surface area contributed by atoms with Crippen molar-refractivity contribution >= 4 is 32.1 Å². The number of ether oxygens (including phenoxy) is 1. The third-order valence-corrected chi connectivity index (χ3v) is 6.70. The Balaban J connectivity index is 1.49. The van der Waals surface area contributed by atoms with Crippen LogP contribution < -0.4 is 9.46 Å². The molecule has 0 saturated carbocycles. The summed E-state index contributed by atoms with van der Waals surface area (Å²) >= 11 is 1.48. The first-order valence-corrected chi connectivity index (χ1v) is 11.0. The fourth-order valence-electron chi connectivity index (χ4n) is 2.84. The summed E-state index contributed by atoms with van der Waals surface area (Å²) in [4.78, 5) is 4.78. The topological polar surface area (TPSA) is 68.3 Å². The quantitative estimate of drug-likeness (QED) is 0.510. The summed E-state index contributed by atoms with van der Waals surface area (Å²) < 4.78 is 33.1. The van der Waals surface area contributed by atoms with E-state index in [0.717, 1.165) is 27.1 Å². The highest BCUT2D eigenvalue weighted by atomic mass is 32.2. The second-order valence-corrected chi connectivity index (χ2v) is 8.83. The van der Waals surface area contributed by atoms with E-state index in [1.54, 1.807) is 19.2 Å². The van der Waals surface area contributed by atoms with Gasteiger partial charge in [-0.15, -0.1) is 11.3 Å². The summed E-state index contributed by atoms with van der Waals surface area (Å²) in [5.74, 6) is 0.781. The largest absolute Gasteiger partial charge is 0.497 e. The van der Waals surface area contributed by atoms with Gasteiger partial charge in [0.1, 0.15) is 10.8 Å². The monoisotopic (exact) mass is 410 g/mol. The first-order valence-electron chi connectivity index (χ1n) is 8.62. The molecular weight excluding hydrogens is 392 g/mol. The third-order valence-electron chi connectivity index (χ3n) is 4.36. The zero-order chi connectivity index (χ0) is 19.6. The van der Waals surface area contributed by atoms with E-state index < -0.39 is 10.0 Å². The van der Waals surface area contributed by atoms with Crippen LogP contribution in [-0.2, 0) is 16.6 Å². The molecule has 0 saturated heterocycles. The van der Waals surface area contributed by atoms with Gasteiger partial charge in [0, 0.05) is 10.9 Å². The van der Waals surface area contributed by atoms with Crippen LogP contribution in [0.4, 0.5) is 0 Å². The van der Waals surface area contributed by atoms with Gasteiger partial charge in [-0.05, 0) is 47.2 Å². The lowest BCUT2D eigenvalue weighted by atomic mass is 10.1. The zero-order valence-corrected chi connectivity index (χ0v) is 16.8. The summed E-state index contributed by atoms with van der Waals surface area (Å²) in [6.07, 6.45) is 0. The van der Waals surface area contributed by atoms with Crippen molar-refractivity contribution in [2.75, 3.05) is 7.11 Å². The number of methoxy groups -OCH3 is 1. The number of nitrogens with zero attached hydrogens (tertiary/aromatic N) is 1. The Hall–Kier alpha value is -2.74. The molecule has 3 aromatic carbocycles. The number of fused-ring (bicyclic) bond motifs is 1. The van der Waals surface area contributed by atoms with Gasteiger partial charge < -0.3 is 4.74 Å². The molecule has 1 aromatic heterocycles. The molecule has 4 aromatic rings. The second-order valence-electron chi connectivity index (χ2n) is 6.21. The molecule has 0 bridgehead atoms. The number of sulfonamides is 1. The lowest BCUT2D eigenvalue weighted by molar-refractivity contribution is 0.415. The van der Waals surface area contributed by atoms with Gasteiger partial charge >= 0.3 is 0 Å². The summed E-state index contributed by atoms with van der Waals surface area (Å²) in [6.45, 7) is 0.141. The molecular formula is C21H18N2O3S2. The van der Waals surface area contributed by atoms with Gasteiger partial charge in [-0.2, -0.15) is 0 Å². The van der Waals surface area contributed by atoms with Crippen LogP contribution in [0.1, 0.15) is 5.69 Å². The Morgan fingerprint density at radius 2 is 1.75 bits per heavy atom. The lowest BCUT2D eigenvalue weighted by Gasteiger charge is -2.07. The van der Waals surface area contributed by atoms with Crippen molar-refractivity contribution in [3.05, 3.63) is 77.8 Å². The summed E-state index contributed by atoms with van der Waals surface area (Å²) in [5.41, 5.74) is 1.65. The first-order chi connectivity index (χ1) is 13.5. The highest BCUT2D eigenvalue weighted by Gasteiger charge is 2.15. The molecule has 0 atom stereocenters. The van der Waals surface area contributed by atoms with Crippen LogP contribution in [0.25, 0.3) is 21.3 Å². The van der Waals surface area contributed by atoms with Crippen LogP contribution in [-0.4, -0.2) is 20.5 Å². The van der Waals surface area contributed by atoms with Crippen molar-refractivity contribution in [2.24, 2.45) is 0 Å². The minimum absolute atomic E-state index is 0.141. The molecule has 0 aliphatic heterocycles. The number of aromatic nitrogens is 1. The highest BCUT2D eigenvalue weighted by molar-refractivity contribution is 7.89. The molecule has 0 radical (unpaired) electrons. The normalized spacial score (nSPS) is 11.6. The number of thiazole rings is 1. The summed E-state index contributed by atoms with van der Waals surface area (Å²) in [5, 5.41) is 4.59. The molecule has 28 heavy (non-hydrogen) atoms. The molecule has 0 spiro atoms. The maximum Gasteiger partial charge on any atom is 0.240 e. The van der Waals surface area contributed by atoms with E-state index in [2.05, 4.69) is 9.71 Å². The van der Waals surface area contributed by atoms with Gasteiger partial charge in [-0.25, -0.2) is 18.1 Å². The molecule has 0 aliphatic rings. The number of hydrogen-bond donors (Lipinski definition) is 1. The van der Waals surface area contributed by atoms with Gasteiger partial charge in [0.15, 0.2) is 0 Å². The molecule has 0 fully saturated rings. The molecule has 142 valence electrons. The van der Waals surface area contributed by atoms with E-state index in [4.69, 9.17) is 4.74 Å². The Morgan fingerprint density at radius 1 is 1.00 bits per heavy atom. The van der Waals surface area contributed by atoms with Crippen LogP contribution in [0.15, 0.2) is 77.0 Å². The summed E-state index contributed by atoms with van der Waals surface area (Å²) in [6, 6.07) is 20.4. The zero-order valence-electron chi connectivity index (χ0n) is 15.1. The smallest absolute Gasteiger partial charge is 0.240 e. The maximum absolute atomic E-state index is 12.6. The average Bonchev–Trinajstić information content (AvgIpc) is 3.21. The molecule has 5 nitrogen and oxygen atoms in total. The number of hydrogen-bond acceptors (Lipinski definition) is 5. The van der Waals surface area contributed by atoms with Gasteiger partial charge in [0.2, 0.25) is 10.0 Å². The second kappa shape index (κ2) is 7.71. The minimum Gasteiger partial charge on any atom is -0.497 e. The molecule has 0 aliphatic carbocycles. The van der Waals surface area contributed by atoms with Crippen molar-refractivity contribution < 1.29 is 13.2 Å². The van der Waals surface area contributed by atoms with E-state index in [1.807, 2.05) is 60.0 Å². The highest BCUT2D eigenvalue weighted by Crippen LogP contribution is 2.26. The van der Waals surface area contributed by atoms with E-state index >= 15 is 0 Å². The van der Waals surface area contributed by atoms with Crippen molar-refractivity contribution in [3.63, 3.8) is 0 Å². The molecule has 4 rings (SSSR count). The Kier molecular flexibility index (Phi) is 5.13. The predicted molar refractivity (Wildman–Crippen MR) is 112 cm³/mol. The Labute approximate surface area is 167 Å². The van der Waals surface area contributed by atoms with E-state index in [-0.39, 0.29) is 11.4 Å². The van der Waals surface area contributed by atoms with Gasteiger partial charge in [0.05, 0.1) is 24.2 Å². The number of benzene rings is 3.